The molecule has 1 heterocycles. The Morgan fingerprint density at radius 2 is 2.38 bits per heavy atom. The van der Waals surface area contributed by atoms with Gasteiger partial charge in [-0.1, -0.05) is 13.8 Å². The van der Waals surface area contributed by atoms with E-state index in [1.807, 2.05) is 20.1 Å². The van der Waals surface area contributed by atoms with Crippen LogP contribution in [0.25, 0.3) is 0 Å². The monoisotopic (exact) mass is 199 g/mol. The van der Waals surface area contributed by atoms with Crippen LogP contribution in [0.2, 0.25) is 0 Å². The number of anilines is 1. The molecule has 0 aliphatic carbocycles. The topological polar surface area (TPSA) is 57.8 Å². The number of nitrogens with zero attached hydrogens (tertiary/aromatic N) is 1. The highest BCUT2D eigenvalue weighted by Crippen LogP contribution is 2.22. The molecule has 4 nitrogen and oxygen atoms in total. The number of amides is 1. The summed E-state index contributed by atoms with van der Waals surface area (Å²) in [4.78, 5) is 12.3. The van der Waals surface area contributed by atoms with Crippen LogP contribution in [0.3, 0.4) is 0 Å². The van der Waals surface area contributed by atoms with E-state index in [0.29, 0.717) is 5.82 Å². The Labute approximate surface area is 81.5 Å². The third-order valence-electron chi connectivity index (χ3n) is 1.60. The molecule has 0 saturated carbocycles. The minimum absolute atomic E-state index is 0.000417. The molecule has 1 rings (SSSR count). The van der Waals surface area contributed by atoms with E-state index in [-0.39, 0.29) is 11.8 Å². The smallest absolute Gasteiger partial charge is 0.228 e. The zero-order valence-corrected chi connectivity index (χ0v) is 8.73. The molecule has 2 N–H and O–H groups in total. The van der Waals surface area contributed by atoms with E-state index in [1.165, 1.54) is 0 Å². The maximum Gasteiger partial charge on any atom is 0.228 e. The molecular weight excluding hydrogens is 186 g/mol. The van der Waals surface area contributed by atoms with Gasteiger partial charge in [0, 0.05) is 5.92 Å². The molecule has 0 aliphatic rings. The molecule has 1 aromatic rings. The third-order valence-corrected chi connectivity index (χ3v) is 2.35. The van der Waals surface area contributed by atoms with Crippen LogP contribution in [0.1, 0.15) is 13.8 Å². The van der Waals surface area contributed by atoms with Crippen molar-refractivity contribution in [1.82, 2.24) is 10.2 Å². The highest BCUT2D eigenvalue weighted by atomic mass is 32.2. The van der Waals surface area contributed by atoms with E-state index in [9.17, 15) is 4.79 Å². The van der Waals surface area contributed by atoms with Crippen molar-refractivity contribution >= 4 is 23.5 Å². The average molecular weight is 199 g/mol. The second kappa shape index (κ2) is 4.32. The number of carbonyl (C=O) groups is 1. The lowest BCUT2D eigenvalue weighted by Gasteiger charge is -2.06. The van der Waals surface area contributed by atoms with Gasteiger partial charge in [0.2, 0.25) is 5.91 Å². The highest BCUT2D eigenvalue weighted by Gasteiger charge is 2.10. The standard InChI is InChI=1S/C8H13N3OS/c1-5(2)8(12)10-7-6(13-3)4-9-11-7/h4-5H,1-3H3,(H2,9,10,11,12). The van der Waals surface area contributed by atoms with Gasteiger partial charge in [-0.2, -0.15) is 5.10 Å². The fraction of sp³-hybridized carbons (Fsp3) is 0.500. The van der Waals surface area contributed by atoms with Gasteiger partial charge in [0.25, 0.3) is 0 Å². The van der Waals surface area contributed by atoms with Gasteiger partial charge in [0.15, 0.2) is 0 Å². The molecule has 0 fully saturated rings. The Bertz CT molecular complexity index is 295. The van der Waals surface area contributed by atoms with Gasteiger partial charge in [-0.05, 0) is 6.26 Å². The van der Waals surface area contributed by atoms with Crippen molar-refractivity contribution in [3.63, 3.8) is 0 Å². The van der Waals surface area contributed by atoms with Gasteiger partial charge in [-0.25, -0.2) is 0 Å². The molecule has 0 atom stereocenters. The number of H-pyrrole nitrogens is 1. The normalized spacial score (nSPS) is 10.5. The summed E-state index contributed by atoms with van der Waals surface area (Å²) >= 11 is 1.55. The van der Waals surface area contributed by atoms with Crippen LogP contribution >= 0.6 is 11.8 Å². The zero-order chi connectivity index (χ0) is 9.84. The maximum atomic E-state index is 11.3. The number of aromatic amines is 1. The molecular formula is C8H13N3OS. The first-order valence-electron chi connectivity index (χ1n) is 4.03. The molecule has 1 aromatic heterocycles. The molecule has 0 bridgehead atoms. The zero-order valence-electron chi connectivity index (χ0n) is 7.92. The van der Waals surface area contributed by atoms with Gasteiger partial charge in [0.05, 0.1) is 11.1 Å². The first-order valence-corrected chi connectivity index (χ1v) is 5.26. The molecule has 5 heteroatoms. The molecule has 0 aliphatic heterocycles. The number of thioether (sulfide) groups is 1. The predicted octanol–water partition coefficient (Wildman–Crippen LogP) is 1.73. The summed E-state index contributed by atoms with van der Waals surface area (Å²) in [6.45, 7) is 3.70. The van der Waals surface area contributed by atoms with Crippen molar-refractivity contribution in [2.45, 2.75) is 18.7 Å². The summed E-state index contributed by atoms with van der Waals surface area (Å²) in [7, 11) is 0. The maximum absolute atomic E-state index is 11.3. The first-order chi connectivity index (χ1) is 6.15. The summed E-state index contributed by atoms with van der Waals surface area (Å²) < 4.78 is 0. The van der Waals surface area contributed by atoms with Crippen LogP contribution in [-0.4, -0.2) is 22.4 Å². The van der Waals surface area contributed by atoms with Crippen molar-refractivity contribution in [1.29, 1.82) is 0 Å². The Morgan fingerprint density at radius 1 is 1.69 bits per heavy atom. The SMILES string of the molecule is CSc1cn[nH]c1NC(=O)C(C)C. The van der Waals surface area contributed by atoms with Crippen LogP contribution < -0.4 is 5.32 Å². The number of hydrogen-bond donors (Lipinski definition) is 2. The van der Waals surface area contributed by atoms with E-state index in [4.69, 9.17) is 0 Å². The van der Waals surface area contributed by atoms with Crippen LogP contribution in [0.15, 0.2) is 11.1 Å². The largest absolute Gasteiger partial charge is 0.310 e. The van der Waals surface area contributed by atoms with Crippen molar-refractivity contribution in [2.24, 2.45) is 5.92 Å². The van der Waals surface area contributed by atoms with Crippen LogP contribution in [0, 0.1) is 5.92 Å². The molecule has 1 amide bonds. The summed E-state index contributed by atoms with van der Waals surface area (Å²) in [5.74, 6) is 0.670. The summed E-state index contributed by atoms with van der Waals surface area (Å²) in [5.41, 5.74) is 0. The third kappa shape index (κ3) is 2.48. The second-order valence-electron chi connectivity index (χ2n) is 2.96. The fourth-order valence-electron chi connectivity index (χ4n) is 0.787. The lowest BCUT2D eigenvalue weighted by molar-refractivity contribution is -0.118. The minimum Gasteiger partial charge on any atom is -0.310 e. The second-order valence-corrected chi connectivity index (χ2v) is 3.81. The quantitative estimate of drug-likeness (QED) is 0.729. The molecule has 13 heavy (non-hydrogen) atoms. The predicted molar refractivity (Wildman–Crippen MR) is 53.8 cm³/mol. The van der Waals surface area contributed by atoms with E-state index in [2.05, 4.69) is 15.5 Å². The van der Waals surface area contributed by atoms with Crippen LogP contribution in [0.5, 0.6) is 0 Å². The Morgan fingerprint density at radius 3 is 2.92 bits per heavy atom. The van der Waals surface area contributed by atoms with Crippen molar-refractivity contribution in [3.8, 4) is 0 Å². The fourth-order valence-corrected chi connectivity index (χ4v) is 1.25. The van der Waals surface area contributed by atoms with Gasteiger partial charge >= 0.3 is 0 Å². The number of hydrogen-bond acceptors (Lipinski definition) is 3. The van der Waals surface area contributed by atoms with Crippen LogP contribution in [0.4, 0.5) is 5.82 Å². The number of nitrogens with one attached hydrogen (secondary N) is 2. The van der Waals surface area contributed by atoms with Gasteiger partial charge in [0.1, 0.15) is 5.82 Å². The summed E-state index contributed by atoms with van der Waals surface area (Å²) in [5, 5.41) is 9.35. The van der Waals surface area contributed by atoms with E-state index in [0.717, 1.165) is 4.90 Å². The highest BCUT2D eigenvalue weighted by molar-refractivity contribution is 7.98. The average Bonchev–Trinajstić information content (AvgIpc) is 2.51. The number of rotatable bonds is 3. The lowest BCUT2D eigenvalue weighted by atomic mass is 10.2. The first kappa shape index (κ1) is 10.1. The minimum atomic E-state index is -0.0157. The number of carbonyl (C=O) groups excluding carboxylic acids is 1. The molecule has 0 unspecified atom stereocenters. The molecule has 0 saturated heterocycles. The van der Waals surface area contributed by atoms with Crippen molar-refractivity contribution in [3.05, 3.63) is 6.20 Å². The molecule has 0 spiro atoms. The van der Waals surface area contributed by atoms with Crippen LogP contribution in [-0.2, 0) is 4.79 Å². The Hall–Kier alpha value is -0.970. The Kier molecular flexibility index (Phi) is 3.36. The molecule has 0 aromatic carbocycles. The van der Waals surface area contributed by atoms with E-state index >= 15 is 0 Å². The van der Waals surface area contributed by atoms with Crippen molar-refractivity contribution in [2.75, 3.05) is 11.6 Å². The van der Waals surface area contributed by atoms with Gasteiger partial charge in [-0.15, -0.1) is 11.8 Å². The van der Waals surface area contributed by atoms with Gasteiger partial charge in [-0.3, -0.25) is 9.89 Å². The van der Waals surface area contributed by atoms with Gasteiger partial charge < -0.3 is 5.32 Å². The van der Waals surface area contributed by atoms with E-state index < -0.39 is 0 Å². The summed E-state index contributed by atoms with van der Waals surface area (Å²) in [6, 6.07) is 0. The Balaban J connectivity index is 2.68. The number of aromatic nitrogens is 2. The van der Waals surface area contributed by atoms with E-state index in [1.54, 1.807) is 18.0 Å². The van der Waals surface area contributed by atoms with Crippen molar-refractivity contribution < 1.29 is 4.79 Å². The lowest BCUT2D eigenvalue weighted by Crippen LogP contribution is -2.18. The molecule has 0 radical (unpaired) electrons. The summed E-state index contributed by atoms with van der Waals surface area (Å²) in [6.07, 6.45) is 3.64. The molecule has 72 valence electrons.